The molecule has 4 nitrogen and oxygen atoms in total. The van der Waals surface area contributed by atoms with Crippen LogP contribution in [0.1, 0.15) is 29.1 Å². The lowest BCUT2D eigenvalue weighted by atomic mass is 10.2. The van der Waals surface area contributed by atoms with Gasteiger partial charge in [0, 0.05) is 6.20 Å². The number of aromatic nitrogens is 1. The number of nitrogens with zero attached hydrogens (tertiary/aromatic N) is 1. The molecule has 0 amide bonds. The molecule has 0 saturated carbocycles. The third kappa shape index (κ3) is 1.79. The van der Waals surface area contributed by atoms with Gasteiger partial charge in [0.25, 0.3) is 0 Å². The number of hydrogen-bond acceptors (Lipinski definition) is 3. The third-order valence-electron chi connectivity index (χ3n) is 1.46. The molecule has 1 atom stereocenters. The fraction of sp³-hybridized carbons (Fsp3) is 0.250. The molecule has 0 fully saturated rings. The zero-order valence-corrected chi connectivity index (χ0v) is 6.56. The zero-order valence-electron chi connectivity index (χ0n) is 6.56. The van der Waals surface area contributed by atoms with E-state index in [-0.39, 0.29) is 5.56 Å². The normalized spacial score (nSPS) is 12.5. The number of carboxylic acid groups (broad SMARTS) is 1. The largest absolute Gasteiger partial charge is 0.478 e. The second-order valence-corrected chi connectivity index (χ2v) is 2.45. The van der Waals surface area contributed by atoms with Gasteiger partial charge in [0.1, 0.15) is 0 Å². The smallest absolute Gasteiger partial charge is 0.337 e. The van der Waals surface area contributed by atoms with E-state index in [1.807, 2.05) is 0 Å². The van der Waals surface area contributed by atoms with Crippen molar-refractivity contribution >= 4 is 5.97 Å². The van der Waals surface area contributed by atoms with Crippen LogP contribution in [0.15, 0.2) is 18.3 Å². The molecular weight excluding hydrogens is 158 g/mol. The van der Waals surface area contributed by atoms with E-state index < -0.39 is 12.1 Å². The van der Waals surface area contributed by atoms with Crippen LogP contribution in [0.25, 0.3) is 0 Å². The van der Waals surface area contributed by atoms with Gasteiger partial charge in [-0.25, -0.2) is 4.79 Å². The Balaban J connectivity index is 2.93. The minimum Gasteiger partial charge on any atom is -0.478 e. The van der Waals surface area contributed by atoms with Crippen LogP contribution in [0.2, 0.25) is 0 Å². The minimum atomic E-state index is -1.01. The number of aliphatic hydroxyl groups is 1. The lowest BCUT2D eigenvalue weighted by Crippen LogP contribution is -2.00. The second kappa shape index (κ2) is 3.32. The van der Waals surface area contributed by atoms with E-state index >= 15 is 0 Å². The molecule has 0 aliphatic heterocycles. The van der Waals surface area contributed by atoms with Gasteiger partial charge in [-0.2, -0.15) is 0 Å². The number of hydrogen-bond donors (Lipinski definition) is 2. The maximum atomic E-state index is 10.4. The van der Waals surface area contributed by atoms with Gasteiger partial charge >= 0.3 is 5.97 Å². The predicted molar refractivity (Wildman–Crippen MR) is 41.8 cm³/mol. The molecule has 12 heavy (non-hydrogen) atoms. The summed E-state index contributed by atoms with van der Waals surface area (Å²) >= 11 is 0. The second-order valence-electron chi connectivity index (χ2n) is 2.45. The van der Waals surface area contributed by atoms with Gasteiger partial charge in [-0.15, -0.1) is 0 Å². The Bertz CT molecular complexity index is 279. The van der Waals surface area contributed by atoms with E-state index in [1.54, 1.807) is 6.92 Å². The summed E-state index contributed by atoms with van der Waals surface area (Å²) < 4.78 is 0. The average Bonchev–Trinajstić information content (AvgIpc) is 2.04. The van der Waals surface area contributed by atoms with Gasteiger partial charge in [-0.1, -0.05) is 0 Å². The summed E-state index contributed by atoms with van der Waals surface area (Å²) in [6.07, 6.45) is 0.567. The van der Waals surface area contributed by atoms with Crippen LogP contribution in [-0.4, -0.2) is 21.2 Å². The molecule has 4 heteroatoms. The molecule has 0 saturated heterocycles. The summed E-state index contributed by atoms with van der Waals surface area (Å²) in [6.45, 7) is 1.57. The van der Waals surface area contributed by atoms with Crippen LogP contribution in [0.3, 0.4) is 0 Å². The fourth-order valence-corrected chi connectivity index (χ4v) is 0.779. The maximum Gasteiger partial charge on any atom is 0.337 e. The molecular formula is C8H9NO3. The molecule has 1 aromatic heterocycles. The predicted octanol–water partition coefficient (Wildman–Crippen LogP) is 0.833. The molecule has 0 aliphatic rings. The number of carboxylic acids is 1. The monoisotopic (exact) mass is 167 g/mol. The molecule has 0 aromatic carbocycles. The minimum absolute atomic E-state index is 0.124. The van der Waals surface area contributed by atoms with Crippen molar-refractivity contribution in [2.45, 2.75) is 13.0 Å². The van der Waals surface area contributed by atoms with E-state index in [4.69, 9.17) is 10.2 Å². The first-order valence-corrected chi connectivity index (χ1v) is 3.48. The lowest BCUT2D eigenvalue weighted by molar-refractivity contribution is 0.0696. The van der Waals surface area contributed by atoms with Crippen molar-refractivity contribution in [3.05, 3.63) is 29.6 Å². The van der Waals surface area contributed by atoms with Crippen LogP contribution in [0.4, 0.5) is 0 Å². The van der Waals surface area contributed by atoms with Gasteiger partial charge in [0.15, 0.2) is 0 Å². The first kappa shape index (κ1) is 8.67. The summed E-state index contributed by atoms with van der Waals surface area (Å²) in [5.41, 5.74) is 0.597. The van der Waals surface area contributed by atoms with Crippen LogP contribution in [-0.2, 0) is 0 Å². The van der Waals surface area contributed by atoms with Crippen molar-refractivity contribution in [3.8, 4) is 0 Å². The molecule has 0 aliphatic carbocycles. The zero-order chi connectivity index (χ0) is 9.14. The van der Waals surface area contributed by atoms with Crippen LogP contribution in [0.5, 0.6) is 0 Å². The highest BCUT2D eigenvalue weighted by Crippen LogP contribution is 2.08. The van der Waals surface area contributed by atoms with Crippen LogP contribution >= 0.6 is 0 Å². The van der Waals surface area contributed by atoms with Crippen molar-refractivity contribution in [1.29, 1.82) is 0 Å². The maximum absolute atomic E-state index is 10.4. The molecule has 0 bridgehead atoms. The van der Waals surface area contributed by atoms with Crippen molar-refractivity contribution < 1.29 is 15.0 Å². The van der Waals surface area contributed by atoms with Crippen LogP contribution in [0, 0.1) is 0 Å². The first-order chi connectivity index (χ1) is 5.61. The van der Waals surface area contributed by atoms with Gasteiger partial charge < -0.3 is 10.2 Å². The van der Waals surface area contributed by atoms with E-state index in [0.29, 0.717) is 5.69 Å². The van der Waals surface area contributed by atoms with E-state index in [0.717, 1.165) is 0 Å². The van der Waals surface area contributed by atoms with E-state index in [9.17, 15) is 4.79 Å². The van der Waals surface area contributed by atoms with Crippen molar-refractivity contribution in [3.63, 3.8) is 0 Å². The number of rotatable bonds is 2. The van der Waals surface area contributed by atoms with Crippen molar-refractivity contribution in [1.82, 2.24) is 4.98 Å². The van der Waals surface area contributed by atoms with Gasteiger partial charge in [-0.3, -0.25) is 4.98 Å². The van der Waals surface area contributed by atoms with Crippen molar-refractivity contribution in [2.24, 2.45) is 0 Å². The SMILES string of the molecule is C[C@H](O)c1ccc(C(=O)O)cn1. The Morgan fingerprint density at radius 1 is 1.58 bits per heavy atom. The summed E-state index contributed by atoms with van der Waals surface area (Å²) in [7, 11) is 0. The molecule has 64 valence electrons. The third-order valence-corrected chi connectivity index (χ3v) is 1.46. The molecule has 0 radical (unpaired) electrons. The molecule has 1 aromatic rings. The van der Waals surface area contributed by atoms with Crippen molar-refractivity contribution in [2.75, 3.05) is 0 Å². The molecule has 1 heterocycles. The van der Waals surface area contributed by atoms with Crippen LogP contribution < -0.4 is 0 Å². The Kier molecular flexibility index (Phi) is 2.40. The summed E-state index contributed by atoms with van der Waals surface area (Å²) in [4.78, 5) is 14.1. The molecule has 0 spiro atoms. The Morgan fingerprint density at radius 3 is 2.58 bits per heavy atom. The summed E-state index contributed by atoms with van der Waals surface area (Å²) in [6, 6.07) is 2.91. The Labute approximate surface area is 69.5 Å². The summed E-state index contributed by atoms with van der Waals surface area (Å²) in [5, 5.41) is 17.6. The van der Waals surface area contributed by atoms with Gasteiger partial charge in [0.05, 0.1) is 17.4 Å². The number of carbonyl (C=O) groups is 1. The molecule has 1 rings (SSSR count). The number of aromatic carboxylic acids is 1. The highest BCUT2D eigenvalue weighted by atomic mass is 16.4. The molecule has 2 N–H and O–H groups in total. The molecule has 0 unspecified atom stereocenters. The number of pyridine rings is 1. The summed E-state index contributed by atoms with van der Waals surface area (Å²) in [5.74, 6) is -1.01. The lowest BCUT2D eigenvalue weighted by Gasteiger charge is -2.02. The standard InChI is InChI=1S/C8H9NO3/c1-5(10)7-3-2-6(4-9-7)8(11)12/h2-5,10H,1H3,(H,11,12)/t5-/m0/s1. The quantitative estimate of drug-likeness (QED) is 0.684. The Hall–Kier alpha value is -1.42. The van der Waals surface area contributed by atoms with Gasteiger partial charge in [-0.05, 0) is 19.1 Å². The highest BCUT2D eigenvalue weighted by Gasteiger charge is 2.05. The highest BCUT2D eigenvalue weighted by molar-refractivity contribution is 5.87. The van der Waals surface area contributed by atoms with E-state index in [2.05, 4.69) is 4.98 Å². The topological polar surface area (TPSA) is 70.4 Å². The average molecular weight is 167 g/mol. The fourth-order valence-electron chi connectivity index (χ4n) is 0.779. The van der Waals surface area contributed by atoms with E-state index in [1.165, 1.54) is 18.3 Å². The number of aliphatic hydroxyl groups excluding tert-OH is 1. The first-order valence-electron chi connectivity index (χ1n) is 3.48. The Morgan fingerprint density at radius 2 is 2.25 bits per heavy atom. The van der Waals surface area contributed by atoms with Gasteiger partial charge in [0.2, 0.25) is 0 Å².